The molecule has 98 valence electrons. The largest absolute Gasteiger partial charge is 0.497 e. The van der Waals surface area contributed by atoms with Gasteiger partial charge in [-0.2, -0.15) is 0 Å². The predicted molar refractivity (Wildman–Crippen MR) is 74.7 cm³/mol. The Balaban J connectivity index is 2.46. The van der Waals surface area contributed by atoms with Crippen molar-refractivity contribution >= 4 is 17.6 Å². The lowest BCUT2D eigenvalue weighted by atomic mass is 10.0. The zero-order valence-electron chi connectivity index (χ0n) is 10.6. The third-order valence-corrected chi connectivity index (χ3v) is 2.83. The summed E-state index contributed by atoms with van der Waals surface area (Å²) < 4.78 is 10.3. The van der Waals surface area contributed by atoms with E-state index in [1.54, 1.807) is 25.3 Å². The maximum absolute atomic E-state index is 11.1. The molecule has 3 nitrogen and oxygen atoms in total. The van der Waals surface area contributed by atoms with Gasteiger partial charge in [0.05, 0.1) is 7.11 Å². The van der Waals surface area contributed by atoms with Gasteiger partial charge in [-0.3, -0.25) is 4.79 Å². The fraction of sp³-hybridized carbons (Fsp3) is 0.133. The summed E-state index contributed by atoms with van der Waals surface area (Å²) in [7, 11) is 1.61. The molecule has 0 aliphatic carbocycles. The Bertz CT molecular complexity index is 591. The molecule has 0 aliphatic rings. The topological polar surface area (TPSA) is 35.5 Å². The molecule has 0 bridgehead atoms. The first-order chi connectivity index (χ1) is 9.10. The minimum Gasteiger partial charge on any atom is -0.497 e. The van der Waals surface area contributed by atoms with Crippen LogP contribution in [0.1, 0.15) is 6.92 Å². The number of halogens is 1. The minimum absolute atomic E-state index is 0.364. The van der Waals surface area contributed by atoms with Crippen molar-refractivity contribution in [2.24, 2.45) is 0 Å². The summed E-state index contributed by atoms with van der Waals surface area (Å²) in [5.41, 5.74) is 1.67. The first-order valence-corrected chi connectivity index (χ1v) is 6.10. The second-order valence-corrected chi connectivity index (χ2v) is 4.40. The van der Waals surface area contributed by atoms with Crippen LogP contribution >= 0.6 is 11.6 Å². The van der Waals surface area contributed by atoms with E-state index >= 15 is 0 Å². The van der Waals surface area contributed by atoms with Crippen LogP contribution in [0.2, 0.25) is 5.02 Å². The second kappa shape index (κ2) is 5.76. The van der Waals surface area contributed by atoms with Gasteiger partial charge in [0.2, 0.25) is 0 Å². The summed E-state index contributed by atoms with van der Waals surface area (Å²) >= 11 is 6.00. The fourth-order valence-electron chi connectivity index (χ4n) is 1.74. The number of hydrogen-bond acceptors (Lipinski definition) is 3. The van der Waals surface area contributed by atoms with Gasteiger partial charge in [0.15, 0.2) is 0 Å². The molecule has 0 N–H and O–H groups in total. The van der Waals surface area contributed by atoms with Crippen LogP contribution in [0.25, 0.3) is 11.1 Å². The van der Waals surface area contributed by atoms with Crippen molar-refractivity contribution in [3.8, 4) is 22.6 Å². The van der Waals surface area contributed by atoms with E-state index in [1.807, 2.05) is 24.3 Å². The van der Waals surface area contributed by atoms with Gasteiger partial charge >= 0.3 is 5.97 Å². The predicted octanol–water partition coefficient (Wildman–Crippen LogP) is 3.94. The Hall–Kier alpha value is -2.00. The molecule has 19 heavy (non-hydrogen) atoms. The lowest BCUT2D eigenvalue weighted by molar-refractivity contribution is -0.131. The van der Waals surface area contributed by atoms with Crippen molar-refractivity contribution in [1.82, 2.24) is 0 Å². The number of ether oxygens (including phenoxy) is 2. The van der Waals surface area contributed by atoms with Crippen molar-refractivity contribution < 1.29 is 14.3 Å². The van der Waals surface area contributed by atoms with Crippen LogP contribution in [0.4, 0.5) is 0 Å². The van der Waals surface area contributed by atoms with Crippen LogP contribution in [0, 0.1) is 0 Å². The van der Waals surface area contributed by atoms with Crippen LogP contribution in [-0.4, -0.2) is 13.1 Å². The van der Waals surface area contributed by atoms with E-state index in [2.05, 4.69) is 0 Å². The van der Waals surface area contributed by atoms with Gasteiger partial charge in [-0.15, -0.1) is 0 Å². The lowest BCUT2D eigenvalue weighted by Gasteiger charge is -2.10. The number of methoxy groups -OCH3 is 1. The van der Waals surface area contributed by atoms with Crippen LogP contribution in [0.5, 0.6) is 11.5 Å². The van der Waals surface area contributed by atoms with Gasteiger partial charge in [-0.25, -0.2) is 0 Å². The molecule has 2 aromatic carbocycles. The average molecular weight is 277 g/mol. The van der Waals surface area contributed by atoms with Gasteiger partial charge in [-0.1, -0.05) is 23.7 Å². The Kier molecular flexibility index (Phi) is 4.07. The van der Waals surface area contributed by atoms with E-state index in [1.165, 1.54) is 6.92 Å². The standard InChI is InChI=1S/C15H13ClO3/c1-10(17)19-15-8-5-12(16)9-14(15)11-3-6-13(18-2)7-4-11/h3-9H,1-2H3. The van der Waals surface area contributed by atoms with Crippen molar-refractivity contribution in [2.45, 2.75) is 6.92 Å². The van der Waals surface area contributed by atoms with Gasteiger partial charge in [0.1, 0.15) is 11.5 Å². The molecular weight excluding hydrogens is 264 g/mol. The maximum Gasteiger partial charge on any atom is 0.308 e. The average Bonchev–Trinajstić information content (AvgIpc) is 2.40. The second-order valence-electron chi connectivity index (χ2n) is 3.96. The summed E-state index contributed by atoms with van der Waals surface area (Å²) in [5.74, 6) is 0.888. The van der Waals surface area contributed by atoms with Crippen molar-refractivity contribution in [2.75, 3.05) is 7.11 Å². The van der Waals surface area contributed by atoms with Crippen LogP contribution in [0.15, 0.2) is 42.5 Å². The van der Waals surface area contributed by atoms with E-state index in [0.717, 1.165) is 16.9 Å². The molecule has 0 saturated heterocycles. The third kappa shape index (κ3) is 3.26. The first-order valence-electron chi connectivity index (χ1n) is 5.72. The van der Waals surface area contributed by atoms with E-state index in [0.29, 0.717) is 10.8 Å². The molecule has 0 amide bonds. The van der Waals surface area contributed by atoms with Crippen molar-refractivity contribution in [1.29, 1.82) is 0 Å². The molecule has 0 spiro atoms. The summed E-state index contributed by atoms with van der Waals surface area (Å²) in [6, 6.07) is 12.6. The zero-order chi connectivity index (χ0) is 13.8. The Morgan fingerprint density at radius 3 is 2.37 bits per heavy atom. The van der Waals surface area contributed by atoms with Crippen LogP contribution < -0.4 is 9.47 Å². The molecule has 0 aromatic heterocycles. The molecule has 0 aliphatic heterocycles. The molecular formula is C15H13ClO3. The van der Waals surface area contributed by atoms with E-state index < -0.39 is 0 Å². The SMILES string of the molecule is COc1ccc(-c2cc(Cl)ccc2OC(C)=O)cc1. The van der Waals surface area contributed by atoms with Crippen molar-refractivity contribution in [3.63, 3.8) is 0 Å². The maximum atomic E-state index is 11.1. The van der Waals surface area contributed by atoms with Crippen molar-refractivity contribution in [3.05, 3.63) is 47.5 Å². The zero-order valence-corrected chi connectivity index (χ0v) is 11.4. The van der Waals surface area contributed by atoms with Gasteiger partial charge in [0, 0.05) is 17.5 Å². The Labute approximate surface area is 116 Å². The van der Waals surface area contributed by atoms with E-state index in [-0.39, 0.29) is 5.97 Å². The van der Waals surface area contributed by atoms with Crippen LogP contribution in [-0.2, 0) is 4.79 Å². The smallest absolute Gasteiger partial charge is 0.308 e. The highest BCUT2D eigenvalue weighted by Crippen LogP contribution is 2.33. The molecule has 0 saturated carbocycles. The highest BCUT2D eigenvalue weighted by atomic mass is 35.5. The molecule has 2 rings (SSSR count). The first kappa shape index (κ1) is 13.4. The molecule has 0 heterocycles. The number of carbonyl (C=O) groups excluding carboxylic acids is 1. The Morgan fingerprint density at radius 1 is 1.11 bits per heavy atom. The summed E-state index contributed by atoms with van der Waals surface area (Å²) in [5, 5.41) is 0.585. The third-order valence-electron chi connectivity index (χ3n) is 2.60. The molecule has 0 radical (unpaired) electrons. The van der Waals surface area contributed by atoms with Crippen LogP contribution in [0.3, 0.4) is 0 Å². The molecule has 0 fully saturated rings. The quantitative estimate of drug-likeness (QED) is 0.629. The minimum atomic E-state index is -0.364. The number of benzene rings is 2. The fourth-order valence-corrected chi connectivity index (χ4v) is 1.91. The summed E-state index contributed by atoms with van der Waals surface area (Å²) in [4.78, 5) is 11.1. The van der Waals surface area contributed by atoms with E-state index in [9.17, 15) is 4.79 Å². The molecule has 0 atom stereocenters. The van der Waals surface area contributed by atoms with E-state index in [4.69, 9.17) is 21.1 Å². The van der Waals surface area contributed by atoms with Gasteiger partial charge in [-0.05, 0) is 35.9 Å². The lowest BCUT2D eigenvalue weighted by Crippen LogP contribution is -2.02. The Morgan fingerprint density at radius 2 is 1.79 bits per heavy atom. The highest BCUT2D eigenvalue weighted by Gasteiger charge is 2.09. The molecule has 0 unspecified atom stereocenters. The van der Waals surface area contributed by atoms with Gasteiger partial charge in [0.25, 0.3) is 0 Å². The number of carbonyl (C=O) groups is 1. The summed E-state index contributed by atoms with van der Waals surface area (Å²) in [6.45, 7) is 1.37. The molecule has 2 aromatic rings. The highest BCUT2D eigenvalue weighted by molar-refractivity contribution is 6.31. The number of hydrogen-bond donors (Lipinski definition) is 0. The monoisotopic (exact) mass is 276 g/mol. The molecule has 4 heteroatoms. The number of rotatable bonds is 3. The summed E-state index contributed by atoms with van der Waals surface area (Å²) in [6.07, 6.45) is 0. The normalized spacial score (nSPS) is 10.1. The number of esters is 1. The van der Waals surface area contributed by atoms with Gasteiger partial charge < -0.3 is 9.47 Å².